The van der Waals surface area contributed by atoms with E-state index in [1.54, 1.807) is 42.5 Å². The van der Waals surface area contributed by atoms with Crippen LogP contribution in [0.2, 0.25) is 0 Å². The number of esters is 1. The third kappa shape index (κ3) is 7.29. The fourth-order valence-electron chi connectivity index (χ4n) is 2.89. The Bertz CT molecular complexity index is 1240. The molecule has 0 atom stereocenters. The van der Waals surface area contributed by atoms with E-state index in [9.17, 15) is 19.7 Å². The number of hydrogen-bond donors (Lipinski definition) is 1. The Morgan fingerprint density at radius 3 is 2.28 bits per heavy atom. The molecule has 0 saturated heterocycles. The van der Waals surface area contributed by atoms with E-state index in [0.29, 0.717) is 35.0 Å². The summed E-state index contributed by atoms with van der Waals surface area (Å²) < 4.78 is 21.4. The molecule has 36 heavy (non-hydrogen) atoms. The largest absolute Gasteiger partial charge is 0.494 e. The molecule has 186 valence electrons. The van der Waals surface area contributed by atoms with Crippen LogP contribution in [0.25, 0.3) is 0 Å². The van der Waals surface area contributed by atoms with Gasteiger partial charge in [0.2, 0.25) is 0 Å². The molecule has 3 rings (SSSR count). The Morgan fingerprint density at radius 2 is 1.64 bits per heavy atom. The summed E-state index contributed by atoms with van der Waals surface area (Å²) >= 11 is 0. The fourth-order valence-corrected chi connectivity index (χ4v) is 2.89. The van der Waals surface area contributed by atoms with Gasteiger partial charge < -0.3 is 18.9 Å². The number of amides is 1. The van der Waals surface area contributed by atoms with Gasteiger partial charge in [-0.15, -0.1) is 0 Å². The minimum atomic E-state index is -0.557. The summed E-state index contributed by atoms with van der Waals surface area (Å²) in [5, 5.41) is 14.5. The fraction of sp³-hybridized carbons (Fsp3) is 0.160. The van der Waals surface area contributed by atoms with Gasteiger partial charge in [0.15, 0.2) is 18.1 Å². The minimum Gasteiger partial charge on any atom is -0.494 e. The second-order valence-corrected chi connectivity index (χ2v) is 7.09. The van der Waals surface area contributed by atoms with Gasteiger partial charge in [0.05, 0.1) is 30.4 Å². The number of ether oxygens (including phenoxy) is 4. The molecule has 1 amide bonds. The third-order valence-electron chi connectivity index (χ3n) is 4.61. The van der Waals surface area contributed by atoms with Crippen molar-refractivity contribution < 1.29 is 33.5 Å². The Balaban J connectivity index is 1.53. The Hall–Kier alpha value is -4.93. The monoisotopic (exact) mass is 493 g/mol. The number of nitro groups is 1. The molecule has 1 N–H and O–H groups in total. The Morgan fingerprint density at radius 1 is 0.972 bits per heavy atom. The summed E-state index contributed by atoms with van der Waals surface area (Å²) in [6.07, 6.45) is 1.38. The Labute approximate surface area is 206 Å². The minimum absolute atomic E-state index is 0.0798. The van der Waals surface area contributed by atoms with Crippen LogP contribution in [0.1, 0.15) is 22.8 Å². The van der Waals surface area contributed by atoms with Crippen LogP contribution in [0.5, 0.6) is 23.0 Å². The van der Waals surface area contributed by atoms with Gasteiger partial charge in [-0.25, -0.2) is 10.2 Å². The molecule has 0 saturated carbocycles. The van der Waals surface area contributed by atoms with Crippen LogP contribution < -0.4 is 24.4 Å². The van der Waals surface area contributed by atoms with Crippen molar-refractivity contribution >= 4 is 23.8 Å². The number of rotatable bonds is 11. The highest BCUT2D eigenvalue weighted by Gasteiger charge is 2.13. The van der Waals surface area contributed by atoms with Gasteiger partial charge in [0.25, 0.3) is 11.6 Å². The summed E-state index contributed by atoms with van der Waals surface area (Å²) in [5.41, 5.74) is 3.16. The molecule has 0 aliphatic carbocycles. The van der Waals surface area contributed by atoms with Gasteiger partial charge in [-0.2, -0.15) is 5.10 Å². The van der Waals surface area contributed by atoms with Crippen molar-refractivity contribution in [1.82, 2.24) is 5.43 Å². The SMILES string of the molecule is CCOc1ccc(C(=O)Oc2ccc(C=NNC(=O)COc3ccc([N+](=O)[O-])cc3)cc2OC)cc1. The lowest BCUT2D eigenvalue weighted by Gasteiger charge is -2.10. The molecule has 11 nitrogen and oxygen atoms in total. The number of hydrogen-bond acceptors (Lipinski definition) is 9. The first-order valence-electron chi connectivity index (χ1n) is 10.7. The van der Waals surface area contributed by atoms with Gasteiger partial charge in [-0.3, -0.25) is 14.9 Å². The van der Waals surface area contributed by atoms with E-state index in [1.807, 2.05) is 6.92 Å². The number of methoxy groups -OCH3 is 1. The first kappa shape index (κ1) is 25.7. The average Bonchev–Trinajstić information content (AvgIpc) is 2.89. The summed E-state index contributed by atoms with van der Waals surface area (Å²) in [6, 6.07) is 16.7. The van der Waals surface area contributed by atoms with Crippen molar-refractivity contribution in [2.24, 2.45) is 5.10 Å². The number of nitro benzene ring substituents is 1. The highest BCUT2D eigenvalue weighted by Crippen LogP contribution is 2.28. The molecule has 0 heterocycles. The van der Waals surface area contributed by atoms with Crippen LogP contribution in [-0.2, 0) is 4.79 Å². The first-order valence-corrected chi connectivity index (χ1v) is 10.7. The molecule has 0 aliphatic heterocycles. The number of hydrazone groups is 1. The average molecular weight is 493 g/mol. The highest BCUT2D eigenvalue weighted by molar-refractivity contribution is 5.92. The number of carbonyl (C=O) groups excluding carboxylic acids is 2. The van der Waals surface area contributed by atoms with Crippen molar-refractivity contribution in [3.8, 4) is 23.0 Å². The van der Waals surface area contributed by atoms with E-state index in [2.05, 4.69) is 10.5 Å². The zero-order valence-corrected chi connectivity index (χ0v) is 19.5. The van der Waals surface area contributed by atoms with Gasteiger partial charge in [-0.05, 0) is 67.1 Å². The molecule has 3 aromatic carbocycles. The van der Waals surface area contributed by atoms with E-state index in [0.717, 1.165) is 0 Å². The Kier molecular flexibility index (Phi) is 8.93. The molecule has 0 aliphatic rings. The maximum absolute atomic E-state index is 12.5. The van der Waals surface area contributed by atoms with Crippen LogP contribution in [0.4, 0.5) is 5.69 Å². The quantitative estimate of drug-likeness (QED) is 0.140. The van der Waals surface area contributed by atoms with Gasteiger partial charge >= 0.3 is 5.97 Å². The van der Waals surface area contributed by atoms with E-state index >= 15 is 0 Å². The van der Waals surface area contributed by atoms with Crippen molar-refractivity contribution in [3.63, 3.8) is 0 Å². The molecule has 0 radical (unpaired) electrons. The van der Waals surface area contributed by atoms with Crippen molar-refractivity contribution in [2.45, 2.75) is 6.92 Å². The topological polar surface area (TPSA) is 139 Å². The molecular weight excluding hydrogens is 470 g/mol. The van der Waals surface area contributed by atoms with Gasteiger partial charge in [-0.1, -0.05) is 0 Å². The highest BCUT2D eigenvalue weighted by atomic mass is 16.6. The van der Waals surface area contributed by atoms with Crippen LogP contribution >= 0.6 is 0 Å². The van der Waals surface area contributed by atoms with E-state index in [4.69, 9.17) is 18.9 Å². The van der Waals surface area contributed by atoms with Crippen LogP contribution in [0.15, 0.2) is 71.8 Å². The molecule has 0 unspecified atom stereocenters. The summed E-state index contributed by atoms with van der Waals surface area (Å²) in [5.74, 6) is 0.385. The maximum atomic E-state index is 12.5. The second kappa shape index (κ2) is 12.5. The standard InChI is InChI=1S/C25H23N3O8/c1-3-34-20-9-5-18(6-10-20)25(30)36-22-13-4-17(14-23(22)33-2)15-26-27-24(29)16-35-21-11-7-19(8-12-21)28(31)32/h4-15H,3,16H2,1-2H3,(H,27,29). The van der Waals surface area contributed by atoms with E-state index in [1.165, 1.54) is 37.6 Å². The van der Waals surface area contributed by atoms with Gasteiger partial charge in [0, 0.05) is 12.1 Å². The van der Waals surface area contributed by atoms with Crippen LogP contribution in [0.3, 0.4) is 0 Å². The summed E-state index contributed by atoms with van der Waals surface area (Å²) in [4.78, 5) is 34.5. The number of carbonyl (C=O) groups is 2. The normalized spacial score (nSPS) is 10.5. The smallest absolute Gasteiger partial charge is 0.343 e. The number of nitrogens with zero attached hydrogens (tertiary/aromatic N) is 2. The van der Waals surface area contributed by atoms with Gasteiger partial charge in [0.1, 0.15) is 11.5 Å². The number of non-ortho nitro benzene ring substituents is 1. The zero-order valence-electron chi connectivity index (χ0n) is 19.5. The lowest BCUT2D eigenvalue weighted by atomic mass is 10.2. The van der Waals surface area contributed by atoms with E-state index in [-0.39, 0.29) is 18.0 Å². The maximum Gasteiger partial charge on any atom is 0.343 e. The van der Waals surface area contributed by atoms with Crippen molar-refractivity contribution in [1.29, 1.82) is 0 Å². The molecule has 11 heteroatoms. The lowest BCUT2D eigenvalue weighted by Crippen LogP contribution is -2.24. The molecular formula is C25H23N3O8. The zero-order chi connectivity index (χ0) is 25.9. The predicted molar refractivity (Wildman–Crippen MR) is 130 cm³/mol. The second-order valence-electron chi connectivity index (χ2n) is 7.09. The third-order valence-corrected chi connectivity index (χ3v) is 4.61. The molecule has 0 aromatic heterocycles. The van der Waals surface area contributed by atoms with E-state index < -0.39 is 16.8 Å². The summed E-state index contributed by atoms with van der Waals surface area (Å²) in [6.45, 7) is 2.06. The molecule has 0 fully saturated rings. The van der Waals surface area contributed by atoms with Crippen LogP contribution in [-0.4, -0.2) is 43.3 Å². The first-order chi connectivity index (χ1) is 17.4. The summed E-state index contributed by atoms with van der Waals surface area (Å²) in [7, 11) is 1.43. The molecule has 3 aromatic rings. The predicted octanol–water partition coefficient (Wildman–Crippen LogP) is 3.75. The lowest BCUT2D eigenvalue weighted by molar-refractivity contribution is -0.384. The van der Waals surface area contributed by atoms with Crippen LogP contribution in [0, 0.1) is 10.1 Å². The molecule has 0 bridgehead atoms. The number of benzene rings is 3. The molecule has 0 spiro atoms. The van der Waals surface area contributed by atoms with Crippen molar-refractivity contribution in [2.75, 3.05) is 20.3 Å². The number of nitrogens with one attached hydrogen (secondary N) is 1. The van der Waals surface area contributed by atoms with Crippen molar-refractivity contribution in [3.05, 3.63) is 88.0 Å².